The Labute approximate surface area is 187 Å². The number of carbonyl (C=O) groups excluding carboxylic acids is 1. The summed E-state index contributed by atoms with van der Waals surface area (Å²) >= 11 is 0. The maximum absolute atomic E-state index is 12.8. The van der Waals surface area contributed by atoms with Gasteiger partial charge in [0.05, 0.1) is 12.1 Å². The summed E-state index contributed by atoms with van der Waals surface area (Å²) in [6, 6.07) is 0.277. The number of hydrogen-bond donors (Lipinski definition) is 4. The minimum atomic E-state index is -1.10. The van der Waals surface area contributed by atoms with Gasteiger partial charge in [0.2, 0.25) is 0 Å². The van der Waals surface area contributed by atoms with Gasteiger partial charge in [-0.1, -0.05) is 38.0 Å². The summed E-state index contributed by atoms with van der Waals surface area (Å²) in [6.45, 7) is 6.99. The van der Waals surface area contributed by atoms with Gasteiger partial charge in [0, 0.05) is 16.7 Å². The van der Waals surface area contributed by atoms with Gasteiger partial charge < -0.3 is 25.3 Å². The molecular formula is C24H31NO7. The van der Waals surface area contributed by atoms with Crippen molar-refractivity contribution >= 4 is 17.8 Å². The van der Waals surface area contributed by atoms with E-state index in [0.29, 0.717) is 24.8 Å². The molecule has 174 valence electrons. The molecule has 2 atom stereocenters. The molecule has 1 heterocycles. The van der Waals surface area contributed by atoms with Crippen molar-refractivity contribution < 1.29 is 34.8 Å². The quantitative estimate of drug-likeness (QED) is 0.317. The van der Waals surface area contributed by atoms with Crippen molar-refractivity contribution in [1.82, 2.24) is 4.90 Å². The second-order valence-electron chi connectivity index (χ2n) is 8.34. The molecule has 0 fully saturated rings. The van der Waals surface area contributed by atoms with Crippen LogP contribution in [-0.2, 0) is 22.6 Å². The standard InChI is InChI=1S/C24H31NO7/c1-5-14(3)20(24(31)32)25-12-18-17(22(25)28)11-19(26)16(21(18)27)10-9-13(2)7-6-8-15(4)23(29)30/h8-9,11,14,20,26-27H,5-7,10,12H2,1-4H3,(H,29,30)(H,31,32). The molecule has 0 aliphatic carbocycles. The van der Waals surface area contributed by atoms with Crippen LogP contribution < -0.4 is 0 Å². The van der Waals surface area contributed by atoms with Crippen LogP contribution in [0.4, 0.5) is 0 Å². The van der Waals surface area contributed by atoms with Gasteiger partial charge >= 0.3 is 11.9 Å². The minimum Gasteiger partial charge on any atom is -0.507 e. The van der Waals surface area contributed by atoms with Crippen molar-refractivity contribution in [1.29, 1.82) is 0 Å². The van der Waals surface area contributed by atoms with Crippen LogP contribution in [0.15, 0.2) is 29.4 Å². The zero-order valence-corrected chi connectivity index (χ0v) is 18.9. The van der Waals surface area contributed by atoms with Gasteiger partial charge in [0.25, 0.3) is 5.91 Å². The summed E-state index contributed by atoms with van der Waals surface area (Å²) in [5.74, 6) is -3.27. The lowest BCUT2D eigenvalue weighted by Gasteiger charge is -2.28. The Kier molecular flexibility index (Phi) is 8.08. The molecule has 4 N–H and O–H groups in total. The van der Waals surface area contributed by atoms with Crippen LogP contribution in [0.25, 0.3) is 0 Å². The average molecular weight is 446 g/mol. The summed E-state index contributed by atoms with van der Waals surface area (Å²) in [5, 5.41) is 39.7. The first kappa shape index (κ1) is 25.0. The highest BCUT2D eigenvalue weighted by Gasteiger charge is 2.41. The molecule has 1 amide bonds. The normalized spacial score (nSPS) is 16.1. The first-order valence-electron chi connectivity index (χ1n) is 10.7. The van der Waals surface area contributed by atoms with Gasteiger partial charge in [-0.25, -0.2) is 9.59 Å². The second kappa shape index (κ2) is 10.3. The van der Waals surface area contributed by atoms with E-state index in [9.17, 15) is 29.7 Å². The largest absolute Gasteiger partial charge is 0.507 e. The number of amides is 1. The lowest BCUT2D eigenvalue weighted by molar-refractivity contribution is -0.144. The van der Waals surface area contributed by atoms with E-state index in [1.54, 1.807) is 13.0 Å². The highest BCUT2D eigenvalue weighted by molar-refractivity contribution is 6.02. The smallest absolute Gasteiger partial charge is 0.330 e. The van der Waals surface area contributed by atoms with Crippen LogP contribution >= 0.6 is 0 Å². The van der Waals surface area contributed by atoms with E-state index in [2.05, 4.69) is 0 Å². The Morgan fingerprint density at radius 2 is 1.84 bits per heavy atom. The lowest BCUT2D eigenvalue weighted by Crippen LogP contribution is -2.45. The molecule has 2 rings (SSSR count). The molecule has 0 bridgehead atoms. The van der Waals surface area contributed by atoms with Crippen LogP contribution in [0.3, 0.4) is 0 Å². The summed E-state index contributed by atoms with van der Waals surface area (Å²) in [5.41, 5.74) is 1.94. The number of rotatable bonds is 10. The summed E-state index contributed by atoms with van der Waals surface area (Å²) in [7, 11) is 0. The van der Waals surface area contributed by atoms with E-state index < -0.39 is 23.9 Å². The molecule has 0 spiro atoms. The van der Waals surface area contributed by atoms with Gasteiger partial charge in [-0.3, -0.25) is 4.79 Å². The molecule has 2 unspecified atom stereocenters. The maximum atomic E-state index is 12.8. The Morgan fingerprint density at radius 3 is 2.41 bits per heavy atom. The SMILES string of the molecule is CCC(C)C(C(=O)O)N1Cc2c(cc(O)c(CC=C(C)CCC=C(C)C(=O)O)c2O)C1=O. The third kappa shape index (κ3) is 5.30. The molecule has 1 aliphatic heterocycles. The Bertz CT molecular complexity index is 977. The summed E-state index contributed by atoms with van der Waals surface area (Å²) in [6.07, 6.45) is 5.45. The number of aromatic hydroxyl groups is 2. The molecule has 0 radical (unpaired) electrons. The zero-order valence-electron chi connectivity index (χ0n) is 18.9. The van der Waals surface area contributed by atoms with Gasteiger partial charge in [-0.15, -0.1) is 0 Å². The predicted molar refractivity (Wildman–Crippen MR) is 119 cm³/mol. The van der Waals surface area contributed by atoms with Gasteiger partial charge in [-0.05, 0) is 45.1 Å². The topological polar surface area (TPSA) is 135 Å². The lowest BCUT2D eigenvalue weighted by atomic mass is 9.98. The highest BCUT2D eigenvalue weighted by atomic mass is 16.4. The molecule has 1 aromatic rings. The van der Waals surface area contributed by atoms with Crippen LogP contribution in [0.5, 0.6) is 11.5 Å². The molecule has 32 heavy (non-hydrogen) atoms. The Morgan fingerprint density at radius 1 is 1.19 bits per heavy atom. The van der Waals surface area contributed by atoms with E-state index in [1.807, 2.05) is 19.9 Å². The van der Waals surface area contributed by atoms with Crippen molar-refractivity contribution in [3.05, 3.63) is 46.1 Å². The number of aliphatic carboxylic acids is 2. The fourth-order valence-electron chi connectivity index (χ4n) is 3.80. The van der Waals surface area contributed by atoms with Crippen molar-refractivity contribution in [3.63, 3.8) is 0 Å². The van der Waals surface area contributed by atoms with Gasteiger partial charge in [-0.2, -0.15) is 0 Å². The third-order valence-corrected chi connectivity index (χ3v) is 6.06. The van der Waals surface area contributed by atoms with Crippen LogP contribution in [0.2, 0.25) is 0 Å². The second-order valence-corrected chi connectivity index (χ2v) is 8.34. The van der Waals surface area contributed by atoms with Gasteiger partial charge in [0.1, 0.15) is 17.5 Å². The number of benzene rings is 1. The highest BCUT2D eigenvalue weighted by Crippen LogP contribution is 2.40. The predicted octanol–water partition coefficient (Wildman–Crippen LogP) is 3.85. The molecule has 1 aromatic carbocycles. The Balaban J connectivity index is 2.24. The minimum absolute atomic E-state index is 0.0312. The third-order valence-electron chi connectivity index (χ3n) is 6.06. The van der Waals surface area contributed by atoms with E-state index in [-0.39, 0.29) is 47.1 Å². The van der Waals surface area contributed by atoms with E-state index >= 15 is 0 Å². The van der Waals surface area contributed by atoms with Crippen LogP contribution in [-0.4, -0.2) is 49.2 Å². The molecule has 8 nitrogen and oxygen atoms in total. The number of phenolic OH excluding ortho intramolecular Hbond substituents is 2. The monoisotopic (exact) mass is 445 g/mol. The van der Waals surface area contributed by atoms with E-state index in [0.717, 1.165) is 5.57 Å². The first-order valence-corrected chi connectivity index (χ1v) is 10.7. The number of nitrogens with zero attached hydrogens (tertiary/aromatic N) is 1. The number of phenols is 2. The summed E-state index contributed by atoms with van der Waals surface area (Å²) < 4.78 is 0. The first-order chi connectivity index (χ1) is 15.0. The van der Waals surface area contributed by atoms with Crippen LogP contribution in [0, 0.1) is 5.92 Å². The fourth-order valence-corrected chi connectivity index (χ4v) is 3.80. The average Bonchev–Trinajstić information content (AvgIpc) is 3.03. The number of allylic oxidation sites excluding steroid dienone is 3. The zero-order chi connectivity index (χ0) is 24.2. The van der Waals surface area contributed by atoms with Crippen molar-refractivity contribution in [2.75, 3.05) is 0 Å². The molecule has 1 aliphatic rings. The number of carboxylic acids is 2. The number of fused-ring (bicyclic) bond motifs is 1. The number of carbonyl (C=O) groups is 3. The van der Waals surface area contributed by atoms with Crippen LogP contribution in [0.1, 0.15) is 68.4 Å². The molecule has 0 saturated heterocycles. The van der Waals surface area contributed by atoms with E-state index in [4.69, 9.17) is 5.11 Å². The number of carboxylic acid groups (broad SMARTS) is 2. The summed E-state index contributed by atoms with van der Waals surface area (Å²) in [4.78, 5) is 36.7. The van der Waals surface area contributed by atoms with Crippen molar-refractivity contribution in [2.45, 2.75) is 66.0 Å². The Hall–Kier alpha value is -3.29. The molecule has 8 heteroatoms. The van der Waals surface area contributed by atoms with Crippen molar-refractivity contribution in [2.24, 2.45) is 5.92 Å². The maximum Gasteiger partial charge on any atom is 0.330 e. The van der Waals surface area contributed by atoms with E-state index in [1.165, 1.54) is 17.9 Å². The van der Waals surface area contributed by atoms with Crippen molar-refractivity contribution in [3.8, 4) is 11.5 Å². The fraction of sp³-hybridized carbons (Fsp3) is 0.458. The van der Waals surface area contributed by atoms with Gasteiger partial charge in [0.15, 0.2) is 0 Å². The number of hydrogen-bond acceptors (Lipinski definition) is 5. The molecule has 0 saturated carbocycles. The molecule has 0 aromatic heterocycles. The molecular weight excluding hydrogens is 414 g/mol.